The maximum absolute atomic E-state index is 7.17. The lowest BCUT2D eigenvalue weighted by molar-refractivity contribution is 0.203. The molecule has 1 aliphatic carbocycles. The van der Waals surface area contributed by atoms with Gasteiger partial charge in [-0.15, -0.1) is 0 Å². The van der Waals surface area contributed by atoms with E-state index in [2.05, 4.69) is 148 Å². The van der Waals surface area contributed by atoms with Crippen molar-refractivity contribution >= 4 is 51.0 Å². The van der Waals surface area contributed by atoms with Crippen LogP contribution in [0.3, 0.4) is 0 Å². The van der Waals surface area contributed by atoms with Gasteiger partial charge >= 0.3 is 6.71 Å². The molecular weight excluding hydrogens is 549 g/mol. The molecule has 220 valence electrons. The molecule has 0 saturated heterocycles. The van der Waals surface area contributed by atoms with Gasteiger partial charge in [0.2, 0.25) is 0 Å². The third-order valence-electron chi connectivity index (χ3n) is 10.2. The van der Waals surface area contributed by atoms with Crippen molar-refractivity contribution in [1.29, 1.82) is 0 Å². The monoisotopic (exact) mass is 585 g/mol. The van der Waals surface area contributed by atoms with E-state index < -0.39 is 0 Å². The average Bonchev–Trinajstić information content (AvgIpc) is 3.69. The molecular formula is C41H36BNO2. The summed E-state index contributed by atoms with van der Waals surface area (Å²) in [6.07, 6.45) is 14.2. The maximum atomic E-state index is 7.17. The lowest BCUT2D eigenvalue weighted by Gasteiger charge is -2.43. The molecule has 4 aliphatic rings. The number of anilines is 2. The second kappa shape index (κ2) is 9.65. The average molecular weight is 586 g/mol. The number of nitrogens with zero attached hydrogens (tertiary/aromatic N) is 1. The minimum absolute atomic E-state index is 0.00353. The van der Waals surface area contributed by atoms with E-state index >= 15 is 0 Å². The smallest absolute Gasteiger partial charge is 0.309 e. The number of ether oxygens (including phenoxy) is 1. The summed E-state index contributed by atoms with van der Waals surface area (Å²) < 4.78 is 14.0. The van der Waals surface area contributed by atoms with Crippen molar-refractivity contribution in [3.63, 3.8) is 0 Å². The molecule has 1 aromatic heterocycles. The number of hydrogen-bond donors (Lipinski definition) is 0. The molecule has 0 radical (unpaired) electrons. The molecule has 9 rings (SSSR count). The minimum atomic E-state index is -0.131. The third-order valence-corrected chi connectivity index (χ3v) is 10.2. The molecule has 3 atom stereocenters. The molecule has 0 fully saturated rings. The van der Waals surface area contributed by atoms with Gasteiger partial charge in [-0.2, -0.15) is 0 Å². The van der Waals surface area contributed by atoms with Crippen LogP contribution in [-0.2, 0) is 10.2 Å². The molecule has 0 spiro atoms. The van der Waals surface area contributed by atoms with Crippen LogP contribution in [0.4, 0.5) is 11.4 Å². The fourth-order valence-corrected chi connectivity index (χ4v) is 8.05. The van der Waals surface area contributed by atoms with E-state index in [1.807, 2.05) is 0 Å². The lowest BCUT2D eigenvalue weighted by Crippen LogP contribution is -2.62. The Labute approximate surface area is 265 Å². The number of benzene rings is 4. The van der Waals surface area contributed by atoms with E-state index in [1.54, 1.807) is 0 Å². The molecule has 0 amide bonds. The topological polar surface area (TPSA) is 25.6 Å². The quantitative estimate of drug-likeness (QED) is 0.184. The van der Waals surface area contributed by atoms with Crippen molar-refractivity contribution in [1.82, 2.24) is 0 Å². The summed E-state index contributed by atoms with van der Waals surface area (Å²) in [6.45, 7) is 9.05. The van der Waals surface area contributed by atoms with Crippen molar-refractivity contribution in [2.24, 2.45) is 5.92 Å². The summed E-state index contributed by atoms with van der Waals surface area (Å²) in [5.74, 6) is 1.31. The van der Waals surface area contributed by atoms with Crippen LogP contribution >= 0.6 is 0 Å². The normalized spacial score (nSPS) is 23.1. The molecule has 45 heavy (non-hydrogen) atoms. The Kier molecular flexibility index (Phi) is 5.72. The number of para-hydroxylation sites is 1. The number of hydrogen-bond acceptors (Lipinski definition) is 3. The van der Waals surface area contributed by atoms with Crippen LogP contribution in [0, 0.1) is 5.92 Å². The van der Waals surface area contributed by atoms with Crippen LogP contribution in [0.2, 0.25) is 0 Å². The fourth-order valence-electron chi connectivity index (χ4n) is 8.05. The predicted molar refractivity (Wildman–Crippen MR) is 188 cm³/mol. The van der Waals surface area contributed by atoms with E-state index in [0.29, 0.717) is 5.92 Å². The number of furan rings is 1. The standard InChI is InChI=1S/C41H36BNO2/c1-25-12-6-5-7-16-31-34(23-18-25)45-40-38(31)43(28-21-19-27(20-22-28)41(2,3)4)37-29-14-9-8-13-26(29)24-32-35-30-15-10-11-17-33(30)44-39(35)42(40)36(32)37/h5-15,17-25,38,40H,16H2,1-4H3/b7-5-,12-6-,23-18?. The summed E-state index contributed by atoms with van der Waals surface area (Å²) in [5.41, 5.74) is 11.0. The summed E-state index contributed by atoms with van der Waals surface area (Å²) in [6, 6.07) is 28.9. The molecule has 0 saturated carbocycles. The summed E-state index contributed by atoms with van der Waals surface area (Å²) in [7, 11) is 0. The Morgan fingerprint density at radius 2 is 1.64 bits per heavy atom. The maximum Gasteiger partial charge on any atom is 0.309 e. The van der Waals surface area contributed by atoms with Gasteiger partial charge in [-0.1, -0.05) is 113 Å². The molecule has 3 nitrogen and oxygen atoms in total. The third kappa shape index (κ3) is 3.91. The van der Waals surface area contributed by atoms with Gasteiger partial charge in [-0.25, -0.2) is 0 Å². The Morgan fingerprint density at radius 3 is 2.47 bits per heavy atom. The second-order valence-corrected chi connectivity index (χ2v) is 14.0. The highest BCUT2D eigenvalue weighted by molar-refractivity contribution is 6.92. The van der Waals surface area contributed by atoms with Gasteiger partial charge in [0, 0.05) is 33.3 Å². The summed E-state index contributed by atoms with van der Waals surface area (Å²) >= 11 is 0. The van der Waals surface area contributed by atoms with Gasteiger partial charge in [0.05, 0.1) is 11.7 Å². The zero-order valence-corrected chi connectivity index (χ0v) is 26.2. The first-order chi connectivity index (χ1) is 21.9. The van der Waals surface area contributed by atoms with E-state index in [-0.39, 0.29) is 24.2 Å². The van der Waals surface area contributed by atoms with E-state index in [0.717, 1.165) is 23.4 Å². The van der Waals surface area contributed by atoms with Crippen LogP contribution in [0.15, 0.2) is 131 Å². The zero-order valence-electron chi connectivity index (χ0n) is 26.2. The van der Waals surface area contributed by atoms with Crippen LogP contribution in [0.25, 0.3) is 32.9 Å². The van der Waals surface area contributed by atoms with Gasteiger partial charge in [-0.3, -0.25) is 0 Å². The van der Waals surface area contributed by atoms with Crippen LogP contribution in [0.5, 0.6) is 0 Å². The van der Waals surface area contributed by atoms with Crippen LogP contribution in [-0.4, -0.2) is 18.8 Å². The molecule has 5 aromatic rings. The van der Waals surface area contributed by atoms with E-state index in [1.165, 1.54) is 55.3 Å². The van der Waals surface area contributed by atoms with Gasteiger partial charge < -0.3 is 14.1 Å². The van der Waals surface area contributed by atoms with E-state index in [4.69, 9.17) is 9.15 Å². The Morgan fingerprint density at radius 1 is 0.867 bits per heavy atom. The van der Waals surface area contributed by atoms with Crippen LogP contribution < -0.4 is 16.0 Å². The molecule has 3 aliphatic heterocycles. The molecule has 4 heteroatoms. The van der Waals surface area contributed by atoms with Crippen LogP contribution in [0.1, 0.15) is 39.7 Å². The molecule has 0 bridgehead atoms. The van der Waals surface area contributed by atoms with Gasteiger partial charge in [-0.05, 0) is 70.1 Å². The molecule has 3 unspecified atom stereocenters. The summed E-state index contributed by atoms with van der Waals surface area (Å²) in [5, 5.41) is 3.69. The van der Waals surface area contributed by atoms with Crippen molar-refractivity contribution in [3.8, 4) is 11.1 Å². The SMILES string of the molecule is CC1C=CC2=C(C/C=C\C=C/1)C1C(O2)B2c3oc4ccccc4c3-c3cc4ccccc4c(c32)N1c1ccc(C(C)(C)C)cc1. The number of fused-ring (bicyclic) bond motifs is 10. The lowest BCUT2D eigenvalue weighted by atomic mass is 9.37. The highest BCUT2D eigenvalue weighted by atomic mass is 16.5. The highest BCUT2D eigenvalue weighted by Gasteiger charge is 2.57. The highest BCUT2D eigenvalue weighted by Crippen LogP contribution is 2.50. The predicted octanol–water partition coefficient (Wildman–Crippen LogP) is 8.89. The van der Waals surface area contributed by atoms with Gasteiger partial charge in [0.1, 0.15) is 17.3 Å². The Hall–Kier alpha value is -4.70. The molecule has 4 aromatic carbocycles. The fraction of sp³-hybridized carbons (Fsp3) is 0.220. The van der Waals surface area contributed by atoms with E-state index in [9.17, 15) is 0 Å². The van der Waals surface area contributed by atoms with Gasteiger partial charge in [0.25, 0.3) is 0 Å². The first kappa shape index (κ1) is 26.7. The molecule has 0 N–H and O–H groups in total. The zero-order chi connectivity index (χ0) is 30.4. The van der Waals surface area contributed by atoms with Crippen molar-refractivity contribution < 1.29 is 9.15 Å². The number of rotatable bonds is 1. The first-order valence-electron chi connectivity index (χ1n) is 16.3. The minimum Gasteiger partial charge on any atom is -0.495 e. The Balaban J connectivity index is 1.36. The second-order valence-electron chi connectivity index (χ2n) is 14.0. The summed E-state index contributed by atoms with van der Waals surface area (Å²) in [4.78, 5) is 2.61. The largest absolute Gasteiger partial charge is 0.495 e. The van der Waals surface area contributed by atoms with Crippen molar-refractivity contribution in [3.05, 3.63) is 132 Å². The van der Waals surface area contributed by atoms with Crippen molar-refractivity contribution in [2.75, 3.05) is 4.90 Å². The Bertz CT molecular complexity index is 2140. The molecule has 4 heterocycles. The van der Waals surface area contributed by atoms with Gasteiger partial charge in [0.15, 0.2) is 0 Å². The number of allylic oxidation sites excluding steroid dienone is 6. The van der Waals surface area contributed by atoms with Crippen molar-refractivity contribution in [2.45, 2.75) is 51.6 Å². The first-order valence-corrected chi connectivity index (χ1v) is 16.3.